The van der Waals surface area contributed by atoms with E-state index in [4.69, 9.17) is 16.7 Å². The van der Waals surface area contributed by atoms with Crippen LogP contribution in [0.2, 0.25) is 5.02 Å². The van der Waals surface area contributed by atoms with Gasteiger partial charge >= 0.3 is 12.1 Å². The van der Waals surface area contributed by atoms with Crippen molar-refractivity contribution in [3.05, 3.63) is 28.8 Å². The fourth-order valence-corrected chi connectivity index (χ4v) is 1.45. The molecule has 9 heteroatoms. The van der Waals surface area contributed by atoms with Crippen LogP contribution in [-0.2, 0) is 20.5 Å². The number of nitrogens with one attached hydrogen (secondary N) is 1. The third-order valence-electron chi connectivity index (χ3n) is 2.02. The van der Waals surface area contributed by atoms with Crippen LogP contribution < -0.4 is 5.32 Å². The van der Waals surface area contributed by atoms with Gasteiger partial charge in [0.1, 0.15) is 13.2 Å². The minimum Gasteiger partial charge on any atom is -0.480 e. The van der Waals surface area contributed by atoms with Crippen LogP contribution in [0, 0.1) is 0 Å². The van der Waals surface area contributed by atoms with Crippen LogP contribution in [0.15, 0.2) is 18.2 Å². The molecular weight excluding hydrogens is 303 g/mol. The molecule has 5 nitrogen and oxygen atoms in total. The fraction of sp³-hybridized carbons (Fsp3) is 0.273. The summed E-state index contributed by atoms with van der Waals surface area (Å²) in [6.45, 7) is -1.40. The van der Waals surface area contributed by atoms with Gasteiger partial charge in [-0.25, -0.2) is 4.79 Å². The zero-order valence-corrected chi connectivity index (χ0v) is 10.6. The Hall–Kier alpha value is -1.80. The Balaban J connectivity index is 2.77. The van der Waals surface area contributed by atoms with E-state index < -0.39 is 42.5 Å². The highest BCUT2D eigenvalue weighted by Gasteiger charge is 2.34. The molecule has 1 aromatic rings. The lowest BCUT2D eigenvalue weighted by atomic mass is 10.1. The number of rotatable bonds is 5. The molecule has 0 unspecified atom stereocenters. The Bertz CT molecular complexity index is 519. The first-order chi connectivity index (χ1) is 9.20. The van der Waals surface area contributed by atoms with E-state index in [9.17, 15) is 22.8 Å². The lowest BCUT2D eigenvalue weighted by molar-refractivity contribution is -0.143. The highest BCUT2D eigenvalue weighted by Crippen LogP contribution is 2.36. The number of alkyl halides is 3. The maximum atomic E-state index is 12.7. The van der Waals surface area contributed by atoms with E-state index in [-0.39, 0.29) is 5.02 Å². The number of hydrogen-bond acceptors (Lipinski definition) is 3. The highest BCUT2D eigenvalue weighted by atomic mass is 35.5. The first kappa shape index (κ1) is 16.3. The second-order valence-corrected chi connectivity index (χ2v) is 4.06. The van der Waals surface area contributed by atoms with E-state index in [1.54, 1.807) is 0 Å². The smallest absolute Gasteiger partial charge is 0.418 e. The molecule has 0 saturated carbocycles. The van der Waals surface area contributed by atoms with Gasteiger partial charge in [0, 0.05) is 5.02 Å². The van der Waals surface area contributed by atoms with Crippen LogP contribution in [0.3, 0.4) is 0 Å². The highest BCUT2D eigenvalue weighted by molar-refractivity contribution is 6.30. The number of carbonyl (C=O) groups is 2. The summed E-state index contributed by atoms with van der Waals surface area (Å²) < 4.78 is 42.6. The average Bonchev–Trinajstić information content (AvgIpc) is 2.29. The van der Waals surface area contributed by atoms with Crippen molar-refractivity contribution in [3.63, 3.8) is 0 Å². The van der Waals surface area contributed by atoms with Crippen LogP contribution in [0.1, 0.15) is 5.56 Å². The van der Waals surface area contributed by atoms with Gasteiger partial charge in [-0.1, -0.05) is 11.6 Å². The standard InChI is InChI=1S/C11H9ClF3NO4/c12-6-1-2-8(7(3-6)11(13,14)15)16-9(17)4-20-5-10(18)19/h1-3H,4-5H2,(H,16,17)(H,18,19). The molecule has 0 radical (unpaired) electrons. The van der Waals surface area contributed by atoms with Gasteiger partial charge in [-0.15, -0.1) is 0 Å². The molecular formula is C11H9ClF3NO4. The van der Waals surface area contributed by atoms with Crippen molar-refractivity contribution < 1.29 is 32.6 Å². The average molecular weight is 312 g/mol. The van der Waals surface area contributed by atoms with Crippen molar-refractivity contribution >= 4 is 29.2 Å². The Morgan fingerprint density at radius 2 is 1.95 bits per heavy atom. The van der Waals surface area contributed by atoms with Gasteiger partial charge in [-0.2, -0.15) is 13.2 Å². The molecule has 20 heavy (non-hydrogen) atoms. The van der Waals surface area contributed by atoms with E-state index in [1.165, 1.54) is 6.07 Å². The predicted molar refractivity (Wildman–Crippen MR) is 63.5 cm³/mol. The number of aliphatic carboxylic acids is 1. The number of ether oxygens (including phenoxy) is 1. The molecule has 0 aliphatic rings. The Morgan fingerprint density at radius 3 is 2.50 bits per heavy atom. The molecule has 0 spiro atoms. The van der Waals surface area contributed by atoms with Gasteiger partial charge in [0.25, 0.3) is 0 Å². The summed E-state index contributed by atoms with van der Waals surface area (Å²) in [4.78, 5) is 21.5. The second-order valence-electron chi connectivity index (χ2n) is 3.62. The number of hydrogen-bond donors (Lipinski definition) is 2. The minimum absolute atomic E-state index is 0.127. The molecule has 0 saturated heterocycles. The molecule has 1 aromatic carbocycles. The van der Waals surface area contributed by atoms with Gasteiger partial charge in [0.05, 0.1) is 11.3 Å². The van der Waals surface area contributed by atoms with Gasteiger partial charge in [-0.3, -0.25) is 4.79 Å². The number of halogens is 4. The van der Waals surface area contributed by atoms with Crippen LogP contribution in [0.4, 0.5) is 18.9 Å². The quantitative estimate of drug-likeness (QED) is 0.875. The molecule has 1 rings (SSSR count). The molecule has 0 aliphatic heterocycles. The summed E-state index contributed by atoms with van der Waals surface area (Å²) >= 11 is 5.48. The summed E-state index contributed by atoms with van der Waals surface area (Å²) in [5.41, 5.74) is -1.58. The Morgan fingerprint density at radius 1 is 1.30 bits per heavy atom. The monoisotopic (exact) mass is 311 g/mol. The lowest BCUT2D eigenvalue weighted by Crippen LogP contribution is -2.22. The number of benzene rings is 1. The van der Waals surface area contributed by atoms with Gasteiger partial charge in [0.15, 0.2) is 0 Å². The van der Waals surface area contributed by atoms with E-state index in [2.05, 4.69) is 4.74 Å². The van der Waals surface area contributed by atoms with Crippen LogP contribution in [-0.4, -0.2) is 30.2 Å². The van der Waals surface area contributed by atoms with E-state index in [0.29, 0.717) is 6.07 Å². The molecule has 0 aliphatic carbocycles. The van der Waals surface area contributed by atoms with Crippen molar-refractivity contribution in [2.45, 2.75) is 6.18 Å². The number of anilines is 1. The van der Waals surface area contributed by atoms with Crippen molar-refractivity contribution in [2.75, 3.05) is 18.5 Å². The molecule has 0 aromatic heterocycles. The molecule has 0 heterocycles. The minimum atomic E-state index is -4.69. The lowest BCUT2D eigenvalue weighted by Gasteiger charge is -2.14. The summed E-state index contributed by atoms with van der Waals surface area (Å²) in [6.07, 6.45) is -4.69. The molecule has 0 bridgehead atoms. The first-order valence-electron chi connectivity index (χ1n) is 5.16. The van der Waals surface area contributed by atoms with Gasteiger partial charge in [0.2, 0.25) is 5.91 Å². The Labute approximate surface area is 116 Å². The van der Waals surface area contributed by atoms with Crippen molar-refractivity contribution in [2.24, 2.45) is 0 Å². The summed E-state index contributed by atoms with van der Waals surface area (Å²) in [6, 6.07) is 2.86. The Kier molecular flexibility index (Phi) is 5.34. The fourth-order valence-electron chi connectivity index (χ4n) is 1.28. The van der Waals surface area contributed by atoms with Gasteiger partial charge < -0.3 is 15.2 Å². The van der Waals surface area contributed by atoms with E-state index in [0.717, 1.165) is 6.07 Å². The zero-order chi connectivity index (χ0) is 15.3. The normalized spacial score (nSPS) is 11.2. The maximum Gasteiger partial charge on any atom is 0.418 e. The summed E-state index contributed by atoms with van der Waals surface area (Å²) in [5.74, 6) is -2.20. The summed E-state index contributed by atoms with van der Waals surface area (Å²) in [5, 5.41) is 10.1. The summed E-state index contributed by atoms with van der Waals surface area (Å²) in [7, 11) is 0. The first-order valence-corrected chi connectivity index (χ1v) is 5.54. The molecule has 2 N–H and O–H groups in total. The third kappa shape index (κ3) is 5.06. The molecule has 0 fully saturated rings. The number of amides is 1. The molecule has 1 amide bonds. The SMILES string of the molecule is O=C(O)COCC(=O)Nc1ccc(Cl)cc1C(F)(F)F. The predicted octanol–water partition coefficient (Wildman–Crippen LogP) is 2.40. The second kappa shape index (κ2) is 6.58. The van der Waals surface area contributed by atoms with Crippen molar-refractivity contribution in [3.8, 4) is 0 Å². The van der Waals surface area contributed by atoms with Crippen LogP contribution >= 0.6 is 11.6 Å². The number of carbonyl (C=O) groups excluding carboxylic acids is 1. The maximum absolute atomic E-state index is 12.7. The third-order valence-corrected chi connectivity index (χ3v) is 2.25. The zero-order valence-electron chi connectivity index (χ0n) is 9.83. The van der Waals surface area contributed by atoms with E-state index in [1.807, 2.05) is 5.32 Å². The van der Waals surface area contributed by atoms with Crippen LogP contribution in [0.5, 0.6) is 0 Å². The topological polar surface area (TPSA) is 75.6 Å². The molecule has 110 valence electrons. The number of carboxylic acids is 1. The number of carboxylic acid groups (broad SMARTS) is 1. The van der Waals surface area contributed by atoms with Crippen molar-refractivity contribution in [1.82, 2.24) is 0 Å². The van der Waals surface area contributed by atoms with E-state index >= 15 is 0 Å². The largest absolute Gasteiger partial charge is 0.480 e. The van der Waals surface area contributed by atoms with Gasteiger partial charge in [-0.05, 0) is 18.2 Å². The van der Waals surface area contributed by atoms with Crippen molar-refractivity contribution in [1.29, 1.82) is 0 Å². The van der Waals surface area contributed by atoms with Crippen LogP contribution in [0.25, 0.3) is 0 Å². The molecule has 0 atom stereocenters.